The van der Waals surface area contributed by atoms with Crippen LogP contribution in [0.4, 0.5) is 5.82 Å². The van der Waals surface area contributed by atoms with Crippen molar-refractivity contribution >= 4 is 11.7 Å². The molecule has 0 bridgehead atoms. The van der Waals surface area contributed by atoms with Crippen LogP contribution in [0.15, 0.2) is 24.3 Å². The summed E-state index contributed by atoms with van der Waals surface area (Å²) in [6, 6.07) is 8.23. The molecule has 7 nitrogen and oxygen atoms in total. The predicted octanol–water partition coefficient (Wildman–Crippen LogP) is 3.49. The Labute approximate surface area is 190 Å². The van der Waals surface area contributed by atoms with Crippen LogP contribution in [0.1, 0.15) is 54.2 Å². The molecule has 1 fully saturated rings. The molecule has 172 valence electrons. The second kappa shape index (κ2) is 10.3. The summed E-state index contributed by atoms with van der Waals surface area (Å²) in [5.74, 6) is 3.15. The molecule has 0 saturated carbocycles. The van der Waals surface area contributed by atoms with E-state index in [1.165, 1.54) is 11.1 Å². The predicted molar refractivity (Wildman–Crippen MR) is 124 cm³/mol. The van der Waals surface area contributed by atoms with Gasteiger partial charge in [0.25, 0.3) is 0 Å². The van der Waals surface area contributed by atoms with E-state index in [1.54, 1.807) is 14.2 Å². The fourth-order valence-electron chi connectivity index (χ4n) is 4.80. The highest BCUT2D eigenvalue weighted by atomic mass is 16.5. The molecule has 32 heavy (non-hydrogen) atoms. The van der Waals surface area contributed by atoms with Gasteiger partial charge in [0.2, 0.25) is 5.91 Å². The van der Waals surface area contributed by atoms with E-state index in [9.17, 15) is 4.79 Å². The first-order valence-corrected chi connectivity index (χ1v) is 11.6. The minimum Gasteiger partial charge on any atom is -0.497 e. The SMILES string of the molecule is COCCC(=O)N1CCC[C@H](c2nc(C)c3c(n2)N(Cc2cccc(OC)c2)CCC3)C1. The highest BCUT2D eigenvalue weighted by molar-refractivity contribution is 5.76. The van der Waals surface area contributed by atoms with Crippen LogP contribution >= 0.6 is 0 Å². The van der Waals surface area contributed by atoms with Gasteiger partial charge in [-0.05, 0) is 50.3 Å². The second-order valence-corrected chi connectivity index (χ2v) is 8.77. The number of nitrogens with zero attached hydrogens (tertiary/aromatic N) is 4. The van der Waals surface area contributed by atoms with Gasteiger partial charge in [-0.3, -0.25) is 4.79 Å². The number of piperidine rings is 1. The molecule has 7 heteroatoms. The first-order valence-electron chi connectivity index (χ1n) is 11.6. The molecule has 0 radical (unpaired) electrons. The fourth-order valence-corrected chi connectivity index (χ4v) is 4.80. The van der Waals surface area contributed by atoms with Crippen LogP contribution in [0.2, 0.25) is 0 Å². The van der Waals surface area contributed by atoms with Gasteiger partial charge < -0.3 is 19.3 Å². The van der Waals surface area contributed by atoms with E-state index in [4.69, 9.17) is 19.4 Å². The maximum atomic E-state index is 12.5. The summed E-state index contributed by atoms with van der Waals surface area (Å²) < 4.78 is 10.5. The van der Waals surface area contributed by atoms with Gasteiger partial charge in [-0.25, -0.2) is 9.97 Å². The Morgan fingerprint density at radius 1 is 1.19 bits per heavy atom. The van der Waals surface area contributed by atoms with E-state index in [1.807, 2.05) is 17.0 Å². The van der Waals surface area contributed by atoms with Crippen LogP contribution < -0.4 is 9.64 Å². The lowest BCUT2D eigenvalue weighted by Gasteiger charge is -2.34. The summed E-state index contributed by atoms with van der Waals surface area (Å²) in [7, 11) is 3.33. The third-order valence-electron chi connectivity index (χ3n) is 6.53. The average molecular weight is 439 g/mol. The highest BCUT2D eigenvalue weighted by Crippen LogP contribution is 2.32. The van der Waals surface area contributed by atoms with Crippen LogP contribution in [0.25, 0.3) is 0 Å². The molecule has 0 aliphatic carbocycles. The quantitative estimate of drug-likeness (QED) is 0.659. The molecule has 1 aromatic carbocycles. The summed E-state index contributed by atoms with van der Waals surface area (Å²) in [5, 5.41) is 0. The smallest absolute Gasteiger partial charge is 0.224 e. The van der Waals surface area contributed by atoms with E-state index in [0.717, 1.165) is 68.4 Å². The normalized spacial score (nSPS) is 18.4. The Balaban J connectivity index is 1.56. The molecule has 3 heterocycles. The van der Waals surface area contributed by atoms with Crippen molar-refractivity contribution in [1.29, 1.82) is 0 Å². The zero-order chi connectivity index (χ0) is 22.5. The number of carbonyl (C=O) groups excluding carboxylic acids is 1. The van der Waals surface area contributed by atoms with Gasteiger partial charge in [-0.1, -0.05) is 12.1 Å². The number of likely N-dealkylation sites (tertiary alicyclic amines) is 1. The van der Waals surface area contributed by atoms with Crippen molar-refractivity contribution in [2.75, 3.05) is 45.4 Å². The number of ether oxygens (including phenoxy) is 2. The lowest BCUT2D eigenvalue weighted by Crippen LogP contribution is -2.40. The molecule has 1 atom stereocenters. The van der Waals surface area contributed by atoms with E-state index in [2.05, 4.69) is 24.0 Å². The topological polar surface area (TPSA) is 67.8 Å². The summed E-state index contributed by atoms with van der Waals surface area (Å²) in [5.41, 5.74) is 3.54. The summed E-state index contributed by atoms with van der Waals surface area (Å²) >= 11 is 0. The Hall–Kier alpha value is -2.67. The van der Waals surface area contributed by atoms with Crippen LogP contribution in [0.5, 0.6) is 5.75 Å². The van der Waals surface area contributed by atoms with Crippen molar-refractivity contribution in [3.8, 4) is 5.75 Å². The van der Waals surface area contributed by atoms with E-state index in [-0.39, 0.29) is 11.8 Å². The number of hydrogen-bond acceptors (Lipinski definition) is 6. The largest absolute Gasteiger partial charge is 0.497 e. The van der Waals surface area contributed by atoms with Crippen LogP contribution in [0, 0.1) is 6.92 Å². The summed E-state index contributed by atoms with van der Waals surface area (Å²) in [6.45, 7) is 5.84. The van der Waals surface area contributed by atoms with Gasteiger partial charge in [0.05, 0.1) is 20.1 Å². The number of anilines is 1. The molecule has 4 rings (SSSR count). The van der Waals surface area contributed by atoms with Crippen LogP contribution in [-0.2, 0) is 22.5 Å². The first kappa shape index (κ1) is 22.5. The van der Waals surface area contributed by atoms with E-state index in [0.29, 0.717) is 19.6 Å². The van der Waals surface area contributed by atoms with Crippen LogP contribution in [0.3, 0.4) is 0 Å². The third kappa shape index (κ3) is 5.04. The minimum atomic E-state index is 0.158. The maximum absolute atomic E-state index is 12.5. The molecule has 1 amide bonds. The second-order valence-electron chi connectivity index (χ2n) is 8.77. The van der Waals surface area contributed by atoms with Crippen molar-refractivity contribution in [3.05, 3.63) is 46.9 Å². The number of carbonyl (C=O) groups is 1. The van der Waals surface area contributed by atoms with E-state index >= 15 is 0 Å². The van der Waals surface area contributed by atoms with Crippen molar-refractivity contribution in [2.24, 2.45) is 0 Å². The lowest BCUT2D eigenvalue weighted by atomic mass is 9.95. The minimum absolute atomic E-state index is 0.158. The highest BCUT2D eigenvalue weighted by Gasteiger charge is 2.29. The van der Waals surface area contributed by atoms with Gasteiger partial charge >= 0.3 is 0 Å². The number of fused-ring (bicyclic) bond motifs is 1. The molecular weight excluding hydrogens is 404 g/mol. The number of aryl methyl sites for hydroxylation is 1. The molecule has 2 aliphatic rings. The molecule has 2 aliphatic heterocycles. The number of amides is 1. The fraction of sp³-hybridized carbons (Fsp3) is 0.560. The summed E-state index contributed by atoms with van der Waals surface area (Å²) in [6.07, 6.45) is 4.55. The van der Waals surface area contributed by atoms with E-state index < -0.39 is 0 Å². The zero-order valence-corrected chi connectivity index (χ0v) is 19.5. The lowest BCUT2D eigenvalue weighted by molar-refractivity contribution is -0.133. The standard InChI is InChI=1S/C25H34N4O3/c1-18-22-10-6-13-29(16-19-7-4-9-21(15-19)32-3)25(22)27-24(26-18)20-8-5-12-28(17-20)23(30)11-14-31-2/h4,7,9,15,20H,5-6,8,10-14,16-17H2,1-3H3/t20-/m0/s1. The third-order valence-corrected chi connectivity index (χ3v) is 6.53. The monoisotopic (exact) mass is 438 g/mol. The first-order chi connectivity index (χ1) is 15.6. The Morgan fingerprint density at radius 2 is 2.06 bits per heavy atom. The van der Waals surface area contributed by atoms with Crippen molar-refractivity contribution < 1.29 is 14.3 Å². The Bertz CT molecular complexity index is 949. The molecule has 1 saturated heterocycles. The Kier molecular flexibility index (Phi) is 7.25. The van der Waals surface area contributed by atoms with Crippen molar-refractivity contribution in [3.63, 3.8) is 0 Å². The molecule has 0 unspecified atom stereocenters. The van der Waals surface area contributed by atoms with Gasteiger partial charge in [0, 0.05) is 50.5 Å². The summed E-state index contributed by atoms with van der Waals surface area (Å²) in [4.78, 5) is 26.9. The zero-order valence-electron chi connectivity index (χ0n) is 19.5. The number of hydrogen-bond donors (Lipinski definition) is 0. The Morgan fingerprint density at radius 3 is 2.88 bits per heavy atom. The average Bonchev–Trinajstić information content (AvgIpc) is 2.83. The van der Waals surface area contributed by atoms with Gasteiger partial charge in [0.15, 0.2) is 0 Å². The van der Waals surface area contributed by atoms with Crippen molar-refractivity contribution in [1.82, 2.24) is 14.9 Å². The maximum Gasteiger partial charge on any atom is 0.224 e. The number of methoxy groups -OCH3 is 2. The molecular formula is C25H34N4O3. The molecule has 1 aromatic heterocycles. The number of benzene rings is 1. The van der Waals surface area contributed by atoms with Crippen LogP contribution in [-0.4, -0.2) is 61.2 Å². The molecule has 0 N–H and O–H groups in total. The molecule has 2 aromatic rings. The number of rotatable bonds is 7. The van der Waals surface area contributed by atoms with Crippen molar-refractivity contribution in [2.45, 2.75) is 51.5 Å². The van der Waals surface area contributed by atoms with Gasteiger partial charge in [-0.2, -0.15) is 0 Å². The molecule has 0 spiro atoms. The number of aromatic nitrogens is 2. The van der Waals surface area contributed by atoms with Gasteiger partial charge in [-0.15, -0.1) is 0 Å². The van der Waals surface area contributed by atoms with Gasteiger partial charge in [0.1, 0.15) is 17.4 Å².